The van der Waals surface area contributed by atoms with Crippen LogP contribution in [0.3, 0.4) is 0 Å². The van der Waals surface area contributed by atoms with Gasteiger partial charge in [-0.25, -0.2) is 0 Å². The molecular weight excluding hydrogens is 320 g/mol. The number of rotatable bonds is 2. The molecule has 0 atom stereocenters. The molecule has 2 aromatic rings. The summed E-state index contributed by atoms with van der Waals surface area (Å²) in [6, 6.07) is 9.61. The Morgan fingerprint density at radius 3 is 1.96 bits per heavy atom. The van der Waals surface area contributed by atoms with Crippen molar-refractivity contribution in [1.82, 2.24) is 0 Å². The molecule has 0 radical (unpaired) electrons. The number of hydrogen-bond acceptors (Lipinski definition) is 3. The normalized spacial score (nSPS) is 19.7. The molecule has 3 nitrogen and oxygen atoms in total. The predicted octanol–water partition coefficient (Wildman–Crippen LogP) is 4.04. The SMILES string of the molecule is CC1(C)OB(c2ccc(OC(F)(F)F)c3ccccc23)OC1(C)C. The van der Waals surface area contributed by atoms with Crippen molar-refractivity contribution in [2.45, 2.75) is 45.3 Å². The van der Waals surface area contributed by atoms with Crippen LogP contribution in [0.15, 0.2) is 36.4 Å². The molecule has 3 rings (SSSR count). The molecule has 1 aliphatic heterocycles. The van der Waals surface area contributed by atoms with Crippen LogP contribution in [0, 0.1) is 0 Å². The average molecular weight is 338 g/mol. The van der Waals surface area contributed by atoms with Crippen LogP contribution < -0.4 is 10.2 Å². The summed E-state index contributed by atoms with van der Waals surface area (Å²) >= 11 is 0. The van der Waals surface area contributed by atoms with Crippen LogP contribution in [-0.4, -0.2) is 24.7 Å². The molecule has 0 bridgehead atoms. The number of hydrogen-bond donors (Lipinski definition) is 0. The van der Waals surface area contributed by atoms with E-state index in [9.17, 15) is 13.2 Å². The maximum Gasteiger partial charge on any atom is 0.573 e. The van der Waals surface area contributed by atoms with E-state index in [-0.39, 0.29) is 5.75 Å². The predicted molar refractivity (Wildman–Crippen MR) is 86.3 cm³/mol. The van der Waals surface area contributed by atoms with E-state index in [1.807, 2.05) is 27.7 Å². The number of alkyl halides is 3. The summed E-state index contributed by atoms with van der Waals surface area (Å²) in [4.78, 5) is 0. The summed E-state index contributed by atoms with van der Waals surface area (Å²) in [7, 11) is -0.653. The van der Waals surface area contributed by atoms with Crippen LogP contribution in [0.25, 0.3) is 10.8 Å². The third kappa shape index (κ3) is 2.98. The van der Waals surface area contributed by atoms with Gasteiger partial charge >= 0.3 is 13.5 Å². The van der Waals surface area contributed by atoms with E-state index < -0.39 is 24.7 Å². The average Bonchev–Trinajstić information content (AvgIpc) is 2.66. The van der Waals surface area contributed by atoms with Crippen molar-refractivity contribution in [2.24, 2.45) is 0 Å². The number of ether oxygens (including phenoxy) is 1. The Hall–Kier alpha value is -1.73. The van der Waals surface area contributed by atoms with E-state index in [2.05, 4.69) is 4.74 Å². The summed E-state index contributed by atoms with van der Waals surface area (Å²) in [5.41, 5.74) is -0.376. The van der Waals surface area contributed by atoms with Gasteiger partial charge in [-0.2, -0.15) is 0 Å². The minimum atomic E-state index is -4.74. The van der Waals surface area contributed by atoms with Crippen molar-refractivity contribution in [3.63, 3.8) is 0 Å². The summed E-state index contributed by atoms with van der Waals surface area (Å²) < 4.78 is 54.0. The lowest BCUT2D eigenvalue weighted by Gasteiger charge is -2.32. The molecular formula is C17H18BF3O3. The molecule has 0 aromatic heterocycles. The minimum Gasteiger partial charge on any atom is -0.405 e. The summed E-state index contributed by atoms with van der Waals surface area (Å²) in [5, 5.41) is 0.972. The zero-order valence-corrected chi connectivity index (χ0v) is 13.9. The molecule has 0 unspecified atom stereocenters. The molecule has 2 aromatic carbocycles. The third-order valence-corrected chi connectivity index (χ3v) is 4.65. The van der Waals surface area contributed by atoms with Crippen molar-refractivity contribution < 1.29 is 27.2 Å². The van der Waals surface area contributed by atoms with Gasteiger partial charge in [0.15, 0.2) is 0 Å². The Labute approximate surface area is 138 Å². The highest BCUT2D eigenvalue weighted by Crippen LogP contribution is 2.38. The van der Waals surface area contributed by atoms with Gasteiger partial charge in [0, 0.05) is 5.39 Å². The zero-order chi connectivity index (χ0) is 17.8. The first-order valence-corrected chi connectivity index (χ1v) is 7.63. The van der Waals surface area contributed by atoms with Gasteiger partial charge in [0.25, 0.3) is 0 Å². The molecule has 0 N–H and O–H groups in total. The quantitative estimate of drug-likeness (QED) is 0.774. The molecule has 1 aliphatic rings. The van der Waals surface area contributed by atoms with Gasteiger partial charge in [0.1, 0.15) is 5.75 Å². The molecule has 0 amide bonds. The number of fused-ring (bicyclic) bond motifs is 1. The van der Waals surface area contributed by atoms with Crippen molar-refractivity contribution in [1.29, 1.82) is 0 Å². The smallest absolute Gasteiger partial charge is 0.405 e. The minimum absolute atomic E-state index is 0.238. The van der Waals surface area contributed by atoms with Gasteiger partial charge in [0.2, 0.25) is 0 Å². The molecule has 1 saturated heterocycles. The largest absolute Gasteiger partial charge is 0.573 e. The van der Waals surface area contributed by atoms with Crippen LogP contribution in [0.2, 0.25) is 0 Å². The lowest BCUT2D eigenvalue weighted by molar-refractivity contribution is -0.274. The van der Waals surface area contributed by atoms with E-state index in [1.165, 1.54) is 6.07 Å². The highest BCUT2D eigenvalue weighted by molar-refractivity contribution is 6.65. The van der Waals surface area contributed by atoms with Crippen molar-refractivity contribution >= 4 is 23.4 Å². The van der Waals surface area contributed by atoms with Crippen molar-refractivity contribution in [2.75, 3.05) is 0 Å². The van der Waals surface area contributed by atoms with E-state index in [1.54, 1.807) is 30.3 Å². The molecule has 7 heteroatoms. The third-order valence-electron chi connectivity index (χ3n) is 4.65. The molecule has 0 aliphatic carbocycles. The lowest BCUT2D eigenvalue weighted by atomic mass is 9.76. The molecule has 1 fully saturated rings. The highest BCUT2D eigenvalue weighted by Gasteiger charge is 2.52. The summed E-state index contributed by atoms with van der Waals surface area (Å²) in [6.07, 6.45) is -4.74. The number of benzene rings is 2. The van der Waals surface area contributed by atoms with Crippen LogP contribution in [0.1, 0.15) is 27.7 Å². The Morgan fingerprint density at radius 1 is 0.875 bits per heavy atom. The fraction of sp³-hybridized carbons (Fsp3) is 0.412. The molecule has 0 spiro atoms. The van der Waals surface area contributed by atoms with Gasteiger partial charge in [0.05, 0.1) is 11.2 Å². The molecule has 0 saturated carbocycles. The van der Waals surface area contributed by atoms with Crippen LogP contribution in [0.5, 0.6) is 5.75 Å². The standard InChI is InChI=1S/C17H18BF3O3/c1-15(2)16(3,4)24-18(23-15)13-9-10-14(22-17(19,20)21)12-8-6-5-7-11(12)13/h5-10H,1-4H3. The first-order chi connectivity index (χ1) is 11.0. The Bertz CT molecular complexity index is 755. The number of halogens is 3. The maximum absolute atomic E-state index is 12.6. The van der Waals surface area contributed by atoms with E-state index >= 15 is 0 Å². The van der Waals surface area contributed by atoms with Gasteiger partial charge in [-0.15, -0.1) is 13.2 Å². The fourth-order valence-corrected chi connectivity index (χ4v) is 2.68. The molecule has 24 heavy (non-hydrogen) atoms. The van der Waals surface area contributed by atoms with Gasteiger partial charge in [-0.05, 0) is 44.6 Å². The van der Waals surface area contributed by atoms with Crippen molar-refractivity contribution in [3.8, 4) is 5.75 Å². The van der Waals surface area contributed by atoms with Crippen LogP contribution in [0.4, 0.5) is 13.2 Å². The molecule has 128 valence electrons. The molecule has 1 heterocycles. The highest BCUT2D eigenvalue weighted by atomic mass is 19.4. The van der Waals surface area contributed by atoms with E-state index in [0.717, 1.165) is 0 Å². The second-order valence-corrected chi connectivity index (χ2v) is 6.83. The van der Waals surface area contributed by atoms with Gasteiger partial charge in [-0.3, -0.25) is 0 Å². The van der Waals surface area contributed by atoms with E-state index in [4.69, 9.17) is 9.31 Å². The first kappa shape index (κ1) is 17.1. The first-order valence-electron chi connectivity index (χ1n) is 7.63. The monoisotopic (exact) mass is 338 g/mol. The van der Waals surface area contributed by atoms with Crippen LogP contribution in [-0.2, 0) is 9.31 Å². The Kier molecular flexibility index (Phi) is 3.84. The lowest BCUT2D eigenvalue weighted by Crippen LogP contribution is -2.41. The summed E-state index contributed by atoms with van der Waals surface area (Å²) in [6.45, 7) is 7.71. The van der Waals surface area contributed by atoms with Crippen LogP contribution >= 0.6 is 0 Å². The van der Waals surface area contributed by atoms with E-state index in [0.29, 0.717) is 16.2 Å². The van der Waals surface area contributed by atoms with Gasteiger partial charge < -0.3 is 14.0 Å². The van der Waals surface area contributed by atoms with Crippen molar-refractivity contribution in [3.05, 3.63) is 36.4 Å². The Balaban J connectivity index is 2.07. The van der Waals surface area contributed by atoms with Gasteiger partial charge in [-0.1, -0.05) is 30.3 Å². The Morgan fingerprint density at radius 2 is 1.42 bits per heavy atom. The summed E-state index contributed by atoms with van der Waals surface area (Å²) in [5.74, 6) is -0.238. The fourth-order valence-electron chi connectivity index (χ4n) is 2.68. The second-order valence-electron chi connectivity index (χ2n) is 6.83. The second kappa shape index (κ2) is 5.39. The topological polar surface area (TPSA) is 27.7 Å². The maximum atomic E-state index is 12.6. The zero-order valence-electron chi connectivity index (χ0n) is 13.9.